The lowest BCUT2D eigenvalue weighted by atomic mass is 10.1. The fourth-order valence-corrected chi connectivity index (χ4v) is 1.94. The second-order valence-electron chi connectivity index (χ2n) is 4.22. The van der Waals surface area contributed by atoms with E-state index in [0.717, 1.165) is 0 Å². The van der Waals surface area contributed by atoms with Gasteiger partial charge in [-0.15, -0.1) is 0 Å². The van der Waals surface area contributed by atoms with Gasteiger partial charge in [-0.3, -0.25) is 0 Å². The molecule has 4 nitrogen and oxygen atoms in total. The number of hydrogen-bond acceptors (Lipinski definition) is 4. The van der Waals surface area contributed by atoms with Crippen LogP contribution in [0.1, 0.15) is 23.2 Å². The second kappa shape index (κ2) is 5.35. The van der Waals surface area contributed by atoms with E-state index in [9.17, 15) is 9.18 Å². The number of methoxy groups -OCH3 is 1. The Bertz CT molecular complexity index is 430. The summed E-state index contributed by atoms with van der Waals surface area (Å²) in [5.74, 6) is -2.17. The summed E-state index contributed by atoms with van der Waals surface area (Å²) in [6, 6.07) is 6.63. The summed E-state index contributed by atoms with van der Waals surface area (Å²) in [4.78, 5) is 11.9. The van der Waals surface area contributed by atoms with Gasteiger partial charge in [0.25, 0.3) is 5.85 Å². The fourth-order valence-electron chi connectivity index (χ4n) is 1.94. The van der Waals surface area contributed by atoms with E-state index in [2.05, 4.69) is 5.32 Å². The van der Waals surface area contributed by atoms with Crippen LogP contribution in [0.4, 0.5) is 4.39 Å². The number of benzene rings is 1. The van der Waals surface area contributed by atoms with Gasteiger partial charge in [0.15, 0.2) is 0 Å². The molecule has 1 aliphatic heterocycles. The molecule has 1 heterocycles. The summed E-state index contributed by atoms with van der Waals surface area (Å²) < 4.78 is 24.3. The zero-order valence-electron chi connectivity index (χ0n) is 10.2. The average Bonchev–Trinajstić information content (AvgIpc) is 2.39. The highest BCUT2D eigenvalue weighted by atomic mass is 19.2. The van der Waals surface area contributed by atoms with Crippen LogP contribution in [0.5, 0.6) is 5.75 Å². The molecule has 5 heteroatoms. The molecule has 0 radical (unpaired) electrons. The Kier molecular flexibility index (Phi) is 3.81. The molecule has 0 saturated carbocycles. The van der Waals surface area contributed by atoms with Gasteiger partial charge in [-0.25, -0.2) is 4.79 Å². The predicted molar refractivity (Wildman–Crippen MR) is 64.4 cm³/mol. The van der Waals surface area contributed by atoms with Crippen LogP contribution in [-0.2, 0) is 4.74 Å². The first-order valence-corrected chi connectivity index (χ1v) is 5.91. The molecule has 98 valence electrons. The van der Waals surface area contributed by atoms with Crippen LogP contribution >= 0.6 is 0 Å². The van der Waals surface area contributed by atoms with Crippen LogP contribution in [0.15, 0.2) is 24.3 Å². The highest BCUT2D eigenvalue weighted by Gasteiger charge is 2.36. The van der Waals surface area contributed by atoms with Crippen molar-refractivity contribution in [3.05, 3.63) is 29.8 Å². The molecule has 0 bridgehead atoms. The van der Waals surface area contributed by atoms with Gasteiger partial charge in [0.1, 0.15) is 11.3 Å². The highest BCUT2D eigenvalue weighted by molar-refractivity contribution is 5.92. The van der Waals surface area contributed by atoms with Gasteiger partial charge in [-0.2, -0.15) is 4.39 Å². The quantitative estimate of drug-likeness (QED) is 0.836. The SMILES string of the molecule is COc1ccccc1C(=O)OC1(F)CCNCC1. The van der Waals surface area contributed by atoms with Crippen LogP contribution in [0.2, 0.25) is 0 Å². The number of esters is 1. The van der Waals surface area contributed by atoms with Crippen LogP contribution in [0, 0.1) is 0 Å². The smallest absolute Gasteiger partial charge is 0.344 e. The van der Waals surface area contributed by atoms with Crippen LogP contribution < -0.4 is 10.1 Å². The maximum Gasteiger partial charge on any atom is 0.344 e. The van der Waals surface area contributed by atoms with Crippen LogP contribution in [0.3, 0.4) is 0 Å². The molecule has 1 aliphatic rings. The number of carbonyl (C=O) groups is 1. The van der Waals surface area contributed by atoms with Crippen LogP contribution in [-0.4, -0.2) is 32.0 Å². The molecular weight excluding hydrogens is 237 g/mol. The predicted octanol–water partition coefficient (Wildman–Crippen LogP) is 1.90. The van der Waals surface area contributed by atoms with E-state index in [1.54, 1.807) is 24.3 Å². The van der Waals surface area contributed by atoms with Crippen LogP contribution in [0.25, 0.3) is 0 Å². The van der Waals surface area contributed by atoms with E-state index < -0.39 is 11.8 Å². The molecule has 0 aliphatic carbocycles. The summed E-state index contributed by atoms with van der Waals surface area (Å²) in [5.41, 5.74) is 0.246. The summed E-state index contributed by atoms with van der Waals surface area (Å²) in [6.45, 7) is 1.02. The number of nitrogens with one attached hydrogen (secondary N) is 1. The van der Waals surface area contributed by atoms with Crippen molar-refractivity contribution in [2.45, 2.75) is 18.7 Å². The number of halogens is 1. The molecule has 0 aromatic heterocycles. The Morgan fingerprint density at radius 1 is 1.33 bits per heavy atom. The normalized spacial score (nSPS) is 18.1. The minimum Gasteiger partial charge on any atom is -0.496 e. The van der Waals surface area contributed by atoms with Gasteiger partial charge in [0.05, 0.1) is 7.11 Å². The minimum absolute atomic E-state index is 0.174. The third kappa shape index (κ3) is 2.79. The van der Waals surface area contributed by atoms with Crippen molar-refractivity contribution in [2.75, 3.05) is 20.2 Å². The lowest BCUT2D eigenvalue weighted by molar-refractivity contribution is -0.120. The third-order valence-corrected chi connectivity index (χ3v) is 2.95. The molecule has 1 N–H and O–H groups in total. The number of alkyl halides is 1. The molecule has 18 heavy (non-hydrogen) atoms. The van der Waals surface area contributed by atoms with E-state index >= 15 is 0 Å². The number of rotatable bonds is 3. The molecular formula is C13H16FNO3. The first-order valence-electron chi connectivity index (χ1n) is 5.91. The Morgan fingerprint density at radius 2 is 2.00 bits per heavy atom. The van der Waals surface area contributed by atoms with Gasteiger partial charge >= 0.3 is 5.97 Å². The summed E-state index contributed by atoms with van der Waals surface area (Å²) in [6.07, 6.45) is 0.349. The fraction of sp³-hybridized carbons (Fsp3) is 0.462. The Hall–Kier alpha value is -1.62. The van der Waals surface area contributed by atoms with E-state index in [1.165, 1.54) is 7.11 Å². The Morgan fingerprint density at radius 3 is 2.67 bits per heavy atom. The topological polar surface area (TPSA) is 47.6 Å². The number of piperidine rings is 1. The first-order chi connectivity index (χ1) is 8.64. The molecule has 1 saturated heterocycles. The molecule has 1 fully saturated rings. The molecule has 0 atom stereocenters. The maximum atomic E-state index is 14.2. The number of hydrogen-bond donors (Lipinski definition) is 1. The van der Waals surface area contributed by atoms with Crippen molar-refractivity contribution in [1.82, 2.24) is 5.32 Å². The first kappa shape index (κ1) is 12.8. The van der Waals surface area contributed by atoms with Crippen molar-refractivity contribution < 1.29 is 18.7 Å². The lowest BCUT2D eigenvalue weighted by Crippen LogP contribution is -2.41. The maximum absolute atomic E-state index is 14.2. The van der Waals surface area contributed by atoms with Gasteiger partial charge < -0.3 is 14.8 Å². The lowest BCUT2D eigenvalue weighted by Gasteiger charge is -2.29. The van der Waals surface area contributed by atoms with E-state index in [4.69, 9.17) is 9.47 Å². The van der Waals surface area contributed by atoms with E-state index in [0.29, 0.717) is 18.8 Å². The zero-order valence-corrected chi connectivity index (χ0v) is 10.2. The third-order valence-electron chi connectivity index (χ3n) is 2.95. The van der Waals surface area contributed by atoms with Crippen molar-refractivity contribution in [1.29, 1.82) is 0 Å². The minimum atomic E-state index is -1.87. The summed E-state index contributed by atoms with van der Waals surface area (Å²) in [7, 11) is 1.46. The Labute approximate surface area is 105 Å². The monoisotopic (exact) mass is 253 g/mol. The summed E-state index contributed by atoms with van der Waals surface area (Å²) >= 11 is 0. The second-order valence-corrected chi connectivity index (χ2v) is 4.22. The van der Waals surface area contributed by atoms with Crippen molar-refractivity contribution in [3.8, 4) is 5.75 Å². The van der Waals surface area contributed by atoms with Crippen molar-refractivity contribution in [3.63, 3.8) is 0 Å². The van der Waals surface area contributed by atoms with Crippen molar-refractivity contribution >= 4 is 5.97 Å². The van der Waals surface area contributed by atoms with Gasteiger partial charge in [0.2, 0.25) is 0 Å². The standard InChI is InChI=1S/C13H16FNO3/c1-17-11-5-3-2-4-10(11)12(16)18-13(14)6-8-15-9-7-13/h2-5,15H,6-9H2,1H3. The molecule has 0 spiro atoms. The number of para-hydroxylation sites is 1. The molecule has 0 unspecified atom stereocenters. The number of carbonyl (C=O) groups excluding carboxylic acids is 1. The highest BCUT2D eigenvalue weighted by Crippen LogP contribution is 2.28. The molecule has 1 aromatic rings. The molecule has 1 aromatic carbocycles. The summed E-state index contributed by atoms with van der Waals surface area (Å²) in [5, 5.41) is 3.02. The van der Waals surface area contributed by atoms with Gasteiger partial charge in [-0.1, -0.05) is 12.1 Å². The molecule has 2 rings (SSSR count). The van der Waals surface area contributed by atoms with Gasteiger partial charge in [-0.05, 0) is 12.1 Å². The Balaban J connectivity index is 2.11. The average molecular weight is 253 g/mol. The van der Waals surface area contributed by atoms with Crippen molar-refractivity contribution in [2.24, 2.45) is 0 Å². The van der Waals surface area contributed by atoms with E-state index in [1.807, 2.05) is 0 Å². The largest absolute Gasteiger partial charge is 0.496 e. The van der Waals surface area contributed by atoms with Gasteiger partial charge in [0, 0.05) is 25.9 Å². The zero-order chi connectivity index (χ0) is 13.0. The van der Waals surface area contributed by atoms with E-state index in [-0.39, 0.29) is 18.4 Å². The molecule has 0 amide bonds. The number of ether oxygens (including phenoxy) is 2.